The molecule has 0 bridgehead atoms. The number of rotatable bonds is 5. The number of nitrogens with zero attached hydrogens (tertiary/aromatic N) is 1. The zero-order valence-electron chi connectivity index (χ0n) is 9.85. The van der Waals surface area contributed by atoms with Crippen LogP contribution in [0, 0.1) is 5.92 Å². The summed E-state index contributed by atoms with van der Waals surface area (Å²) in [4.78, 5) is 12.5. The van der Waals surface area contributed by atoms with Crippen LogP contribution >= 0.6 is 11.6 Å². The number of aromatic hydroxyl groups is 1. The van der Waals surface area contributed by atoms with Crippen LogP contribution in [0.25, 0.3) is 0 Å². The van der Waals surface area contributed by atoms with Crippen molar-refractivity contribution in [2.75, 3.05) is 13.6 Å². The lowest BCUT2D eigenvalue weighted by Crippen LogP contribution is -2.28. The third kappa shape index (κ3) is 3.91. The quantitative estimate of drug-likeness (QED) is 0.849. The van der Waals surface area contributed by atoms with Crippen molar-refractivity contribution < 1.29 is 15.0 Å². The molecule has 1 aromatic carbocycles. The predicted molar refractivity (Wildman–Crippen MR) is 66.3 cm³/mol. The van der Waals surface area contributed by atoms with Gasteiger partial charge in [0.25, 0.3) is 0 Å². The highest BCUT2D eigenvalue weighted by Gasteiger charge is 2.15. The fraction of sp³-hybridized carbons (Fsp3) is 0.417. The molecule has 0 aromatic heterocycles. The zero-order valence-corrected chi connectivity index (χ0v) is 10.6. The van der Waals surface area contributed by atoms with Gasteiger partial charge in [-0.15, -0.1) is 0 Å². The minimum atomic E-state index is -0.833. The second-order valence-electron chi connectivity index (χ2n) is 4.17. The summed E-state index contributed by atoms with van der Waals surface area (Å²) in [6, 6.07) is 4.93. The molecule has 0 saturated heterocycles. The number of carboxylic acid groups (broad SMARTS) is 1. The molecule has 0 fully saturated rings. The average Bonchev–Trinajstić information content (AvgIpc) is 2.23. The Morgan fingerprint density at radius 1 is 1.53 bits per heavy atom. The number of carboxylic acids is 1. The molecule has 0 aliphatic heterocycles. The van der Waals surface area contributed by atoms with Gasteiger partial charge in [-0.05, 0) is 19.2 Å². The van der Waals surface area contributed by atoms with E-state index in [4.69, 9.17) is 16.7 Å². The summed E-state index contributed by atoms with van der Waals surface area (Å²) in [7, 11) is 1.79. The summed E-state index contributed by atoms with van der Waals surface area (Å²) < 4.78 is 0. The number of benzene rings is 1. The highest BCUT2D eigenvalue weighted by Crippen LogP contribution is 2.26. The van der Waals surface area contributed by atoms with Crippen molar-refractivity contribution >= 4 is 17.6 Å². The maximum absolute atomic E-state index is 10.7. The Hall–Kier alpha value is -1.26. The molecular weight excluding hydrogens is 242 g/mol. The van der Waals surface area contributed by atoms with Gasteiger partial charge in [-0.2, -0.15) is 0 Å². The Balaban J connectivity index is 2.68. The third-order valence-corrected chi connectivity index (χ3v) is 2.88. The highest BCUT2D eigenvalue weighted by atomic mass is 35.5. The van der Waals surface area contributed by atoms with E-state index in [1.807, 2.05) is 4.90 Å². The molecule has 0 aliphatic carbocycles. The fourth-order valence-electron chi connectivity index (χ4n) is 1.58. The van der Waals surface area contributed by atoms with Crippen LogP contribution in [0.5, 0.6) is 5.75 Å². The lowest BCUT2D eigenvalue weighted by molar-refractivity contribution is -0.141. The van der Waals surface area contributed by atoms with Crippen LogP contribution in [-0.2, 0) is 11.3 Å². The maximum Gasteiger partial charge on any atom is 0.307 e. The lowest BCUT2D eigenvalue weighted by Gasteiger charge is -2.20. The average molecular weight is 258 g/mol. The first-order chi connectivity index (χ1) is 7.91. The van der Waals surface area contributed by atoms with E-state index < -0.39 is 11.9 Å². The molecule has 0 heterocycles. The number of phenols is 1. The van der Waals surface area contributed by atoms with Crippen LogP contribution in [0.15, 0.2) is 18.2 Å². The molecule has 94 valence electrons. The topological polar surface area (TPSA) is 60.8 Å². The molecule has 4 nitrogen and oxygen atoms in total. The van der Waals surface area contributed by atoms with Crippen LogP contribution in [0.4, 0.5) is 0 Å². The number of halogens is 1. The summed E-state index contributed by atoms with van der Waals surface area (Å²) in [5, 5.41) is 18.9. The van der Waals surface area contributed by atoms with Crippen molar-refractivity contribution in [2.45, 2.75) is 13.5 Å². The van der Waals surface area contributed by atoms with Gasteiger partial charge in [0.05, 0.1) is 5.92 Å². The molecule has 1 aromatic rings. The maximum atomic E-state index is 10.7. The number of phenolic OH excluding ortho intramolecular Hbond substituents is 1. The molecule has 1 atom stereocenters. The molecule has 17 heavy (non-hydrogen) atoms. The molecule has 0 aliphatic rings. The van der Waals surface area contributed by atoms with Crippen LogP contribution in [0.2, 0.25) is 5.02 Å². The Kier molecular flexibility index (Phi) is 4.78. The largest absolute Gasteiger partial charge is 0.508 e. The van der Waals surface area contributed by atoms with Gasteiger partial charge in [0.2, 0.25) is 0 Å². The molecule has 5 heteroatoms. The van der Waals surface area contributed by atoms with Gasteiger partial charge in [-0.3, -0.25) is 4.79 Å². The summed E-state index contributed by atoms with van der Waals surface area (Å²) in [6.45, 7) is 2.47. The smallest absolute Gasteiger partial charge is 0.307 e. The molecule has 0 spiro atoms. The standard InChI is InChI=1S/C12H16ClNO3/c1-8(12(16)17)6-14(2)7-9-10(13)4-3-5-11(9)15/h3-5,8,15H,6-7H2,1-2H3,(H,16,17). The Bertz CT molecular complexity index is 388. The summed E-state index contributed by atoms with van der Waals surface area (Å²) in [6.07, 6.45) is 0. The molecule has 1 unspecified atom stereocenters. The molecule has 1 rings (SSSR count). The van der Waals surface area contributed by atoms with Gasteiger partial charge in [0.1, 0.15) is 5.75 Å². The summed E-state index contributed by atoms with van der Waals surface area (Å²) in [5.41, 5.74) is 0.620. The number of aliphatic carboxylic acids is 1. The first-order valence-electron chi connectivity index (χ1n) is 5.29. The van der Waals surface area contributed by atoms with Crippen LogP contribution in [0.3, 0.4) is 0 Å². The van der Waals surface area contributed by atoms with Crippen molar-refractivity contribution in [1.29, 1.82) is 0 Å². The molecule has 0 amide bonds. The highest BCUT2D eigenvalue weighted by molar-refractivity contribution is 6.31. The van der Waals surface area contributed by atoms with E-state index in [2.05, 4.69) is 0 Å². The third-order valence-electron chi connectivity index (χ3n) is 2.53. The monoisotopic (exact) mass is 257 g/mol. The number of carbonyl (C=O) groups is 1. The Labute approximate surface area is 105 Å². The predicted octanol–water partition coefficient (Wildman–Crippen LogP) is 2.20. The van der Waals surface area contributed by atoms with Gasteiger partial charge in [-0.1, -0.05) is 24.6 Å². The van der Waals surface area contributed by atoms with Gasteiger partial charge >= 0.3 is 5.97 Å². The first kappa shape index (κ1) is 13.8. The van der Waals surface area contributed by atoms with Crippen LogP contribution in [-0.4, -0.2) is 34.7 Å². The van der Waals surface area contributed by atoms with E-state index in [1.165, 1.54) is 0 Å². The van der Waals surface area contributed by atoms with E-state index >= 15 is 0 Å². The van der Waals surface area contributed by atoms with E-state index in [0.29, 0.717) is 23.7 Å². The minimum absolute atomic E-state index is 0.132. The van der Waals surface area contributed by atoms with Crippen LogP contribution < -0.4 is 0 Å². The van der Waals surface area contributed by atoms with E-state index in [1.54, 1.807) is 32.2 Å². The van der Waals surface area contributed by atoms with E-state index in [0.717, 1.165) is 0 Å². The fourth-order valence-corrected chi connectivity index (χ4v) is 1.81. The number of hydrogen-bond donors (Lipinski definition) is 2. The van der Waals surface area contributed by atoms with E-state index in [-0.39, 0.29) is 5.75 Å². The van der Waals surface area contributed by atoms with Crippen molar-refractivity contribution in [3.8, 4) is 5.75 Å². The Morgan fingerprint density at radius 3 is 2.71 bits per heavy atom. The van der Waals surface area contributed by atoms with Gasteiger partial charge in [-0.25, -0.2) is 0 Å². The van der Waals surface area contributed by atoms with E-state index in [9.17, 15) is 9.90 Å². The molecular formula is C12H16ClNO3. The first-order valence-corrected chi connectivity index (χ1v) is 5.67. The zero-order chi connectivity index (χ0) is 13.0. The lowest BCUT2D eigenvalue weighted by atomic mass is 10.1. The summed E-state index contributed by atoms with van der Waals surface area (Å²) in [5.74, 6) is -1.16. The molecule has 2 N–H and O–H groups in total. The molecule has 0 radical (unpaired) electrons. The van der Waals surface area contributed by atoms with Crippen LogP contribution in [0.1, 0.15) is 12.5 Å². The normalized spacial score (nSPS) is 12.7. The second-order valence-corrected chi connectivity index (χ2v) is 4.58. The Morgan fingerprint density at radius 2 is 2.18 bits per heavy atom. The summed E-state index contributed by atoms with van der Waals surface area (Å²) >= 11 is 5.97. The van der Waals surface area contributed by atoms with Gasteiger partial charge in [0, 0.05) is 23.7 Å². The SMILES string of the molecule is CC(CN(C)Cc1c(O)cccc1Cl)C(=O)O. The van der Waals surface area contributed by atoms with Gasteiger partial charge < -0.3 is 15.1 Å². The second kappa shape index (κ2) is 5.89. The molecule has 0 saturated carbocycles. The van der Waals surface area contributed by atoms with Crippen molar-refractivity contribution in [3.63, 3.8) is 0 Å². The van der Waals surface area contributed by atoms with Crippen molar-refractivity contribution in [3.05, 3.63) is 28.8 Å². The van der Waals surface area contributed by atoms with Crippen molar-refractivity contribution in [2.24, 2.45) is 5.92 Å². The number of hydrogen-bond acceptors (Lipinski definition) is 3. The van der Waals surface area contributed by atoms with Gasteiger partial charge in [0.15, 0.2) is 0 Å². The minimum Gasteiger partial charge on any atom is -0.508 e. The van der Waals surface area contributed by atoms with Crippen molar-refractivity contribution in [1.82, 2.24) is 4.90 Å².